The predicted octanol–water partition coefficient (Wildman–Crippen LogP) is 1.74. The van der Waals surface area contributed by atoms with Crippen molar-refractivity contribution in [3.63, 3.8) is 0 Å². The lowest BCUT2D eigenvalue weighted by molar-refractivity contribution is 0.105. The summed E-state index contributed by atoms with van der Waals surface area (Å²) in [5.41, 5.74) is 0. The molecule has 3 unspecified atom stereocenters. The summed E-state index contributed by atoms with van der Waals surface area (Å²) in [5, 5.41) is 3.73. The van der Waals surface area contributed by atoms with Gasteiger partial charge in [0.2, 0.25) is 0 Å². The van der Waals surface area contributed by atoms with Crippen LogP contribution in [0.15, 0.2) is 0 Å². The van der Waals surface area contributed by atoms with Crippen LogP contribution in [-0.4, -0.2) is 72.7 Å². The Morgan fingerprint density at radius 1 is 1.26 bits per heavy atom. The molecule has 2 rings (SSSR count). The van der Waals surface area contributed by atoms with Gasteiger partial charge in [0, 0.05) is 62.9 Å². The summed E-state index contributed by atoms with van der Waals surface area (Å²) in [6.07, 6.45) is 1.28. The van der Waals surface area contributed by atoms with Crippen LogP contribution in [0.4, 0.5) is 0 Å². The van der Waals surface area contributed by atoms with Crippen molar-refractivity contribution in [2.75, 3.05) is 50.8 Å². The van der Waals surface area contributed by atoms with Gasteiger partial charge in [-0.15, -0.1) is 0 Å². The highest BCUT2D eigenvalue weighted by atomic mass is 32.2. The van der Waals surface area contributed by atoms with Crippen molar-refractivity contribution in [2.24, 2.45) is 5.92 Å². The molecule has 0 aromatic rings. The van der Waals surface area contributed by atoms with E-state index in [9.17, 15) is 0 Å². The topological polar surface area (TPSA) is 18.5 Å². The molecule has 0 spiro atoms. The standard InChI is InChI=1S/C15H31N3S/c1-4-13(2)15-12-18(14(3)11-16-15)6-5-17-7-9-19-10-8-17/h13-16H,4-12H2,1-3H3. The summed E-state index contributed by atoms with van der Waals surface area (Å²) in [6.45, 7) is 14.5. The summed E-state index contributed by atoms with van der Waals surface area (Å²) < 4.78 is 0. The largest absolute Gasteiger partial charge is 0.311 e. The Balaban J connectivity index is 1.76. The van der Waals surface area contributed by atoms with Crippen LogP contribution in [0.3, 0.4) is 0 Å². The number of rotatable bonds is 5. The molecule has 0 bridgehead atoms. The number of hydrogen-bond acceptors (Lipinski definition) is 4. The van der Waals surface area contributed by atoms with Crippen LogP contribution >= 0.6 is 11.8 Å². The molecule has 2 saturated heterocycles. The summed E-state index contributed by atoms with van der Waals surface area (Å²) >= 11 is 2.10. The van der Waals surface area contributed by atoms with Crippen LogP contribution in [0.5, 0.6) is 0 Å². The Morgan fingerprint density at radius 2 is 2.00 bits per heavy atom. The van der Waals surface area contributed by atoms with Crippen molar-refractivity contribution in [2.45, 2.75) is 39.3 Å². The van der Waals surface area contributed by atoms with Gasteiger partial charge >= 0.3 is 0 Å². The van der Waals surface area contributed by atoms with Crippen LogP contribution in [0.1, 0.15) is 27.2 Å². The lowest BCUT2D eigenvalue weighted by Crippen LogP contribution is -2.58. The van der Waals surface area contributed by atoms with Crippen molar-refractivity contribution in [1.82, 2.24) is 15.1 Å². The van der Waals surface area contributed by atoms with Gasteiger partial charge in [0.15, 0.2) is 0 Å². The van der Waals surface area contributed by atoms with Crippen molar-refractivity contribution in [3.05, 3.63) is 0 Å². The third-order valence-electron chi connectivity index (χ3n) is 4.87. The maximum absolute atomic E-state index is 3.73. The molecule has 0 aromatic heterocycles. The molecule has 112 valence electrons. The zero-order valence-electron chi connectivity index (χ0n) is 12.9. The van der Waals surface area contributed by atoms with Crippen molar-refractivity contribution < 1.29 is 0 Å². The average Bonchev–Trinajstić information content (AvgIpc) is 2.46. The highest BCUT2D eigenvalue weighted by Gasteiger charge is 2.27. The maximum Gasteiger partial charge on any atom is 0.0221 e. The Morgan fingerprint density at radius 3 is 2.68 bits per heavy atom. The van der Waals surface area contributed by atoms with Gasteiger partial charge in [-0.25, -0.2) is 0 Å². The predicted molar refractivity (Wildman–Crippen MR) is 86.0 cm³/mol. The lowest BCUT2D eigenvalue weighted by atomic mass is 9.96. The first-order chi connectivity index (χ1) is 9.20. The fourth-order valence-electron chi connectivity index (χ4n) is 3.02. The smallest absolute Gasteiger partial charge is 0.0221 e. The summed E-state index contributed by atoms with van der Waals surface area (Å²) in [4.78, 5) is 5.35. The van der Waals surface area contributed by atoms with E-state index in [1.165, 1.54) is 50.7 Å². The normalized spacial score (nSPS) is 32.4. The third kappa shape index (κ3) is 4.62. The summed E-state index contributed by atoms with van der Waals surface area (Å²) in [6, 6.07) is 1.39. The molecule has 0 saturated carbocycles. The first-order valence-electron chi connectivity index (χ1n) is 7.98. The van der Waals surface area contributed by atoms with Crippen molar-refractivity contribution in [1.29, 1.82) is 0 Å². The second-order valence-corrected chi connectivity index (χ2v) is 7.42. The monoisotopic (exact) mass is 285 g/mol. The first kappa shape index (κ1) is 15.6. The van der Waals surface area contributed by atoms with Gasteiger partial charge in [-0.2, -0.15) is 11.8 Å². The molecular formula is C15H31N3S. The van der Waals surface area contributed by atoms with Crippen molar-refractivity contribution in [3.8, 4) is 0 Å². The van der Waals surface area contributed by atoms with Gasteiger partial charge in [0.1, 0.15) is 0 Å². The highest BCUT2D eigenvalue weighted by molar-refractivity contribution is 7.99. The minimum atomic E-state index is 0.693. The zero-order chi connectivity index (χ0) is 13.7. The Labute approximate surface area is 123 Å². The van der Waals surface area contributed by atoms with Gasteiger partial charge in [-0.05, 0) is 12.8 Å². The molecule has 0 radical (unpaired) electrons. The molecule has 2 aliphatic rings. The summed E-state index contributed by atoms with van der Waals surface area (Å²) in [5.74, 6) is 3.44. The minimum Gasteiger partial charge on any atom is -0.311 e. The van der Waals surface area contributed by atoms with E-state index in [1.54, 1.807) is 0 Å². The molecule has 2 fully saturated rings. The molecule has 0 amide bonds. The molecule has 0 aliphatic carbocycles. The molecule has 4 heteroatoms. The third-order valence-corrected chi connectivity index (χ3v) is 5.81. The number of hydrogen-bond donors (Lipinski definition) is 1. The average molecular weight is 286 g/mol. The SMILES string of the molecule is CCC(C)C1CN(CCN2CCSCC2)C(C)CN1. The Hall–Kier alpha value is 0.230. The molecule has 3 atom stereocenters. The number of nitrogens with zero attached hydrogens (tertiary/aromatic N) is 2. The molecular weight excluding hydrogens is 254 g/mol. The van der Waals surface area contributed by atoms with E-state index in [0.29, 0.717) is 12.1 Å². The zero-order valence-corrected chi connectivity index (χ0v) is 13.7. The molecule has 1 N–H and O–H groups in total. The fourth-order valence-corrected chi connectivity index (χ4v) is 4.00. The fraction of sp³-hybridized carbons (Fsp3) is 1.00. The van der Waals surface area contributed by atoms with Crippen molar-refractivity contribution >= 4 is 11.8 Å². The minimum absolute atomic E-state index is 0.693. The molecule has 2 heterocycles. The Kier molecular flexibility index (Phi) is 6.46. The Bertz CT molecular complexity index is 256. The van der Waals surface area contributed by atoms with E-state index in [0.717, 1.165) is 12.5 Å². The van der Waals surface area contributed by atoms with Gasteiger partial charge in [0.05, 0.1) is 0 Å². The van der Waals surface area contributed by atoms with E-state index in [4.69, 9.17) is 0 Å². The van der Waals surface area contributed by atoms with E-state index in [2.05, 4.69) is 47.6 Å². The number of nitrogens with one attached hydrogen (secondary N) is 1. The van der Waals surface area contributed by atoms with Gasteiger partial charge in [-0.1, -0.05) is 20.3 Å². The molecule has 3 nitrogen and oxygen atoms in total. The van der Waals surface area contributed by atoms with E-state index < -0.39 is 0 Å². The molecule has 19 heavy (non-hydrogen) atoms. The maximum atomic E-state index is 3.73. The second-order valence-electron chi connectivity index (χ2n) is 6.20. The number of thioether (sulfide) groups is 1. The second kappa shape index (κ2) is 7.87. The van der Waals surface area contributed by atoms with Crippen LogP contribution in [-0.2, 0) is 0 Å². The van der Waals surface area contributed by atoms with Crippen LogP contribution < -0.4 is 5.32 Å². The molecule has 0 aromatic carbocycles. The summed E-state index contributed by atoms with van der Waals surface area (Å²) in [7, 11) is 0. The van der Waals surface area contributed by atoms with Crippen LogP contribution in [0.25, 0.3) is 0 Å². The van der Waals surface area contributed by atoms with E-state index >= 15 is 0 Å². The van der Waals surface area contributed by atoms with Gasteiger partial charge in [-0.3, -0.25) is 4.90 Å². The highest BCUT2D eigenvalue weighted by Crippen LogP contribution is 2.16. The van der Waals surface area contributed by atoms with Gasteiger partial charge < -0.3 is 10.2 Å². The number of piperazine rings is 1. The van der Waals surface area contributed by atoms with Gasteiger partial charge in [0.25, 0.3) is 0 Å². The lowest BCUT2D eigenvalue weighted by Gasteiger charge is -2.42. The quantitative estimate of drug-likeness (QED) is 0.829. The van der Waals surface area contributed by atoms with E-state index in [1.807, 2.05) is 0 Å². The van der Waals surface area contributed by atoms with Crippen LogP contribution in [0.2, 0.25) is 0 Å². The first-order valence-corrected chi connectivity index (χ1v) is 9.13. The van der Waals surface area contributed by atoms with E-state index in [-0.39, 0.29) is 0 Å². The molecule has 2 aliphatic heterocycles. The van der Waals surface area contributed by atoms with Crippen LogP contribution in [0, 0.1) is 5.92 Å².